The minimum Gasteiger partial charge on any atom is -0.389 e. The third-order valence-corrected chi connectivity index (χ3v) is 3.08. The molecule has 0 aromatic carbocycles. The number of carbonyl (C=O) groups is 1. The van der Waals surface area contributed by atoms with E-state index in [9.17, 15) is 9.90 Å². The van der Waals surface area contributed by atoms with Gasteiger partial charge in [-0.2, -0.15) is 0 Å². The number of hydrogen-bond acceptors (Lipinski definition) is 4. The summed E-state index contributed by atoms with van der Waals surface area (Å²) in [4.78, 5) is 15.6. The zero-order valence-electron chi connectivity index (χ0n) is 11.4. The molecule has 100 valence electrons. The van der Waals surface area contributed by atoms with Crippen molar-refractivity contribution in [3.63, 3.8) is 0 Å². The molecule has 0 aromatic rings. The van der Waals surface area contributed by atoms with Crippen molar-refractivity contribution in [3.05, 3.63) is 0 Å². The van der Waals surface area contributed by atoms with Gasteiger partial charge in [0.25, 0.3) is 0 Å². The van der Waals surface area contributed by atoms with Gasteiger partial charge in [0.1, 0.15) is 5.78 Å². The van der Waals surface area contributed by atoms with Crippen molar-refractivity contribution in [1.29, 1.82) is 0 Å². The van der Waals surface area contributed by atoms with Crippen molar-refractivity contribution in [2.45, 2.75) is 39.2 Å². The predicted octanol–water partition coefficient (Wildman–Crippen LogP) is 0.744. The molecular weight excluding hydrogens is 216 g/mol. The predicted molar refractivity (Wildman–Crippen MR) is 69.1 cm³/mol. The van der Waals surface area contributed by atoms with Crippen molar-refractivity contribution in [2.24, 2.45) is 0 Å². The van der Waals surface area contributed by atoms with E-state index in [0.29, 0.717) is 6.42 Å². The molecule has 4 heteroatoms. The van der Waals surface area contributed by atoms with E-state index in [1.807, 2.05) is 13.8 Å². The first-order chi connectivity index (χ1) is 7.87. The van der Waals surface area contributed by atoms with Gasteiger partial charge in [-0.15, -0.1) is 0 Å². The van der Waals surface area contributed by atoms with Crippen LogP contribution < -0.4 is 0 Å². The molecule has 1 heterocycles. The van der Waals surface area contributed by atoms with Crippen LogP contribution in [0.1, 0.15) is 33.6 Å². The minimum atomic E-state index is -0.600. The van der Waals surface area contributed by atoms with Crippen molar-refractivity contribution >= 4 is 5.78 Å². The Labute approximate surface area is 105 Å². The molecule has 0 aliphatic carbocycles. The summed E-state index contributed by atoms with van der Waals surface area (Å²) in [6.07, 6.45) is 1.67. The lowest BCUT2D eigenvalue weighted by molar-refractivity contribution is -0.117. The second-order valence-electron chi connectivity index (χ2n) is 5.74. The van der Waals surface area contributed by atoms with Crippen LogP contribution in [-0.2, 0) is 4.79 Å². The second-order valence-corrected chi connectivity index (χ2v) is 5.74. The summed E-state index contributed by atoms with van der Waals surface area (Å²) in [5.74, 6) is 0.283. The van der Waals surface area contributed by atoms with E-state index in [-0.39, 0.29) is 5.78 Å². The van der Waals surface area contributed by atoms with Crippen LogP contribution >= 0.6 is 0 Å². The van der Waals surface area contributed by atoms with E-state index < -0.39 is 5.60 Å². The molecule has 1 N–H and O–H groups in total. The second kappa shape index (κ2) is 6.47. The van der Waals surface area contributed by atoms with Crippen LogP contribution in [0.25, 0.3) is 0 Å². The molecule has 0 aromatic heterocycles. The van der Waals surface area contributed by atoms with Gasteiger partial charge in [0.15, 0.2) is 0 Å². The Morgan fingerprint density at radius 2 is 1.71 bits per heavy atom. The molecule has 0 atom stereocenters. The highest BCUT2D eigenvalue weighted by Crippen LogP contribution is 2.09. The minimum absolute atomic E-state index is 0.283. The lowest BCUT2D eigenvalue weighted by Gasteiger charge is -2.37. The highest BCUT2D eigenvalue weighted by molar-refractivity contribution is 5.75. The Hall–Kier alpha value is -0.450. The maximum absolute atomic E-state index is 10.8. The number of nitrogens with zero attached hydrogens (tertiary/aromatic N) is 2. The van der Waals surface area contributed by atoms with Crippen molar-refractivity contribution < 1.29 is 9.90 Å². The first kappa shape index (κ1) is 14.6. The van der Waals surface area contributed by atoms with Crippen LogP contribution in [0, 0.1) is 0 Å². The van der Waals surface area contributed by atoms with Gasteiger partial charge in [-0.05, 0) is 33.7 Å². The maximum Gasteiger partial charge on any atom is 0.129 e. The van der Waals surface area contributed by atoms with Gasteiger partial charge in [-0.25, -0.2) is 0 Å². The van der Waals surface area contributed by atoms with Gasteiger partial charge in [-0.3, -0.25) is 4.90 Å². The van der Waals surface area contributed by atoms with Crippen LogP contribution in [0.15, 0.2) is 0 Å². The molecule has 0 spiro atoms. The fourth-order valence-corrected chi connectivity index (χ4v) is 2.27. The zero-order valence-corrected chi connectivity index (χ0v) is 11.4. The lowest BCUT2D eigenvalue weighted by Crippen LogP contribution is -2.50. The van der Waals surface area contributed by atoms with Crippen molar-refractivity contribution in [3.8, 4) is 0 Å². The molecule has 1 saturated heterocycles. The van der Waals surface area contributed by atoms with Gasteiger partial charge < -0.3 is 14.8 Å². The summed E-state index contributed by atoms with van der Waals surface area (Å²) in [5, 5.41) is 9.75. The van der Waals surface area contributed by atoms with Crippen LogP contribution in [0.4, 0.5) is 0 Å². The largest absolute Gasteiger partial charge is 0.389 e. The van der Waals surface area contributed by atoms with Gasteiger partial charge in [0, 0.05) is 39.1 Å². The van der Waals surface area contributed by atoms with E-state index in [0.717, 1.165) is 45.7 Å². The fraction of sp³-hybridized carbons (Fsp3) is 0.923. The molecule has 0 bridgehead atoms. The molecule has 4 nitrogen and oxygen atoms in total. The highest BCUT2D eigenvalue weighted by Gasteiger charge is 2.22. The fourth-order valence-electron chi connectivity index (χ4n) is 2.27. The van der Waals surface area contributed by atoms with Crippen LogP contribution in [0.2, 0.25) is 0 Å². The zero-order chi connectivity index (χ0) is 12.9. The lowest BCUT2D eigenvalue weighted by atomic mass is 10.1. The van der Waals surface area contributed by atoms with Crippen LogP contribution in [-0.4, -0.2) is 65.6 Å². The van der Waals surface area contributed by atoms with E-state index in [1.165, 1.54) is 0 Å². The molecule has 1 fully saturated rings. The van der Waals surface area contributed by atoms with E-state index in [4.69, 9.17) is 0 Å². The molecule has 1 rings (SSSR count). The Balaban J connectivity index is 2.15. The van der Waals surface area contributed by atoms with Gasteiger partial charge in [0.05, 0.1) is 5.60 Å². The number of β-amino-alcohol motifs (C(OH)–C–C–N with tert-alkyl or cyclic N) is 1. The van der Waals surface area contributed by atoms with E-state index >= 15 is 0 Å². The summed E-state index contributed by atoms with van der Waals surface area (Å²) in [6.45, 7) is 11.3. The van der Waals surface area contributed by atoms with Crippen molar-refractivity contribution in [2.75, 3.05) is 39.3 Å². The Bertz CT molecular complexity index is 240. The molecule has 0 radical (unpaired) electrons. The quantitative estimate of drug-likeness (QED) is 0.746. The number of Topliss-reactive ketones (excluding diaryl/α,β-unsaturated/α-hetero) is 1. The number of aliphatic hydroxyl groups is 1. The highest BCUT2D eigenvalue weighted by atomic mass is 16.3. The summed E-state index contributed by atoms with van der Waals surface area (Å²) < 4.78 is 0. The first-order valence-electron chi connectivity index (χ1n) is 6.53. The summed E-state index contributed by atoms with van der Waals surface area (Å²) in [7, 11) is 0. The number of rotatable bonds is 6. The van der Waals surface area contributed by atoms with Gasteiger partial charge >= 0.3 is 0 Å². The summed E-state index contributed by atoms with van der Waals surface area (Å²) in [6, 6.07) is 0. The monoisotopic (exact) mass is 242 g/mol. The normalized spacial score (nSPS) is 19.5. The van der Waals surface area contributed by atoms with Gasteiger partial charge in [-0.1, -0.05) is 0 Å². The third kappa shape index (κ3) is 6.76. The molecule has 1 aliphatic rings. The molecule has 1 aliphatic heterocycles. The Morgan fingerprint density at radius 1 is 1.18 bits per heavy atom. The standard InChI is InChI=1S/C13H26N2O2/c1-12(16)5-4-6-14-7-9-15(10-8-14)11-13(2,3)17/h17H,4-11H2,1-3H3. The average Bonchev–Trinajstić information content (AvgIpc) is 2.18. The summed E-state index contributed by atoms with van der Waals surface area (Å²) >= 11 is 0. The smallest absolute Gasteiger partial charge is 0.129 e. The molecule has 17 heavy (non-hydrogen) atoms. The van der Waals surface area contributed by atoms with Crippen molar-refractivity contribution in [1.82, 2.24) is 9.80 Å². The third-order valence-electron chi connectivity index (χ3n) is 3.08. The Kier molecular flexibility index (Phi) is 5.56. The van der Waals surface area contributed by atoms with E-state index in [1.54, 1.807) is 6.92 Å². The van der Waals surface area contributed by atoms with Gasteiger partial charge in [0.2, 0.25) is 0 Å². The van der Waals surface area contributed by atoms with Crippen LogP contribution in [0.3, 0.4) is 0 Å². The van der Waals surface area contributed by atoms with E-state index in [2.05, 4.69) is 9.80 Å². The number of carbonyl (C=O) groups excluding carboxylic acids is 1. The molecule has 0 unspecified atom stereocenters. The Morgan fingerprint density at radius 3 is 2.18 bits per heavy atom. The number of hydrogen-bond donors (Lipinski definition) is 1. The summed E-state index contributed by atoms with van der Waals surface area (Å²) in [5.41, 5.74) is -0.600. The molecule has 0 amide bonds. The average molecular weight is 242 g/mol. The first-order valence-corrected chi connectivity index (χ1v) is 6.53. The molecule has 0 saturated carbocycles. The molecular formula is C13H26N2O2. The SMILES string of the molecule is CC(=O)CCCN1CCN(CC(C)(C)O)CC1. The topological polar surface area (TPSA) is 43.8 Å². The number of ketones is 1. The number of piperazine rings is 1. The van der Waals surface area contributed by atoms with Crippen LogP contribution in [0.5, 0.6) is 0 Å². The maximum atomic E-state index is 10.8.